The van der Waals surface area contributed by atoms with Gasteiger partial charge in [-0.3, -0.25) is 14.2 Å². The summed E-state index contributed by atoms with van der Waals surface area (Å²) in [5.74, 6) is -1.67. The monoisotopic (exact) mass is 515 g/mol. The van der Waals surface area contributed by atoms with Crippen LogP contribution in [0, 0.1) is 5.92 Å². The second-order valence-electron chi connectivity index (χ2n) is 10.6. The van der Waals surface area contributed by atoms with Crippen molar-refractivity contribution in [2.45, 2.75) is 49.7 Å². The maximum absolute atomic E-state index is 14.2. The number of nitrogens with zero attached hydrogens (tertiary/aromatic N) is 1. The van der Waals surface area contributed by atoms with E-state index >= 15 is 0 Å². The lowest BCUT2D eigenvalue weighted by molar-refractivity contribution is -0.142. The number of fused-ring (bicyclic) bond motifs is 3. The molecule has 1 N–H and O–H groups in total. The van der Waals surface area contributed by atoms with Crippen molar-refractivity contribution in [1.29, 1.82) is 0 Å². The molecule has 5 rings (SSSR count). The fraction of sp³-hybridized carbons (Fsp3) is 0.267. The number of carbonyl (C=O) groups is 2. The van der Waals surface area contributed by atoms with Gasteiger partial charge in [0, 0.05) is 22.2 Å². The molecule has 1 aliphatic rings. The first kappa shape index (κ1) is 25.0. The van der Waals surface area contributed by atoms with E-state index in [-0.39, 0.29) is 16.4 Å². The van der Waals surface area contributed by atoms with Crippen molar-refractivity contribution in [3.05, 3.63) is 89.6 Å². The molecule has 1 atom stereocenters. The number of carbonyl (C=O) groups excluding carboxylic acids is 1. The maximum Gasteiger partial charge on any atom is 0.306 e. The van der Waals surface area contributed by atoms with Gasteiger partial charge in [-0.1, -0.05) is 54.6 Å². The van der Waals surface area contributed by atoms with E-state index in [9.17, 15) is 23.1 Å². The SMILES string of the molecule is CC(C)(C)S(=O)(=O)c1cccc(C(=O)n2c3c(c4cccc(-c5ccccc5)c42)CC(C(=O)O)CC3)c1. The summed E-state index contributed by atoms with van der Waals surface area (Å²) >= 11 is 0. The van der Waals surface area contributed by atoms with Crippen molar-refractivity contribution >= 4 is 32.6 Å². The highest BCUT2D eigenvalue weighted by Gasteiger charge is 2.34. The van der Waals surface area contributed by atoms with Crippen molar-refractivity contribution in [3.8, 4) is 11.1 Å². The van der Waals surface area contributed by atoms with Crippen molar-refractivity contribution in [1.82, 2.24) is 4.57 Å². The Labute approximate surface area is 216 Å². The minimum absolute atomic E-state index is 0.102. The van der Waals surface area contributed by atoms with Gasteiger partial charge < -0.3 is 5.11 Å². The Morgan fingerprint density at radius 3 is 2.32 bits per heavy atom. The first-order valence-corrected chi connectivity index (χ1v) is 13.8. The van der Waals surface area contributed by atoms with E-state index in [1.165, 1.54) is 12.1 Å². The van der Waals surface area contributed by atoms with Crippen LogP contribution in [0.2, 0.25) is 0 Å². The van der Waals surface area contributed by atoms with E-state index in [0.29, 0.717) is 19.3 Å². The molecule has 0 amide bonds. The summed E-state index contributed by atoms with van der Waals surface area (Å²) in [5, 5.41) is 10.6. The van der Waals surface area contributed by atoms with Crippen LogP contribution in [-0.2, 0) is 27.5 Å². The molecule has 37 heavy (non-hydrogen) atoms. The van der Waals surface area contributed by atoms with Crippen LogP contribution in [0.4, 0.5) is 0 Å². The Balaban J connectivity index is 1.76. The van der Waals surface area contributed by atoms with Gasteiger partial charge in [0.25, 0.3) is 5.91 Å². The average Bonchev–Trinajstić information content (AvgIpc) is 3.22. The first-order chi connectivity index (χ1) is 17.5. The van der Waals surface area contributed by atoms with E-state index in [1.807, 2.05) is 48.5 Å². The van der Waals surface area contributed by atoms with E-state index in [0.717, 1.165) is 33.3 Å². The number of hydrogen-bond acceptors (Lipinski definition) is 4. The van der Waals surface area contributed by atoms with Gasteiger partial charge in [0.15, 0.2) is 9.84 Å². The van der Waals surface area contributed by atoms with E-state index in [4.69, 9.17) is 0 Å². The van der Waals surface area contributed by atoms with Crippen molar-refractivity contribution in [2.24, 2.45) is 5.92 Å². The van der Waals surface area contributed by atoms with E-state index in [1.54, 1.807) is 37.5 Å². The zero-order valence-corrected chi connectivity index (χ0v) is 21.9. The summed E-state index contributed by atoms with van der Waals surface area (Å²) in [7, 11) is -3.66. The number of rotatable bonds is 4. The summed E-state index contributed by atoms with van der Waals surface area (Å²) < 4.78 is 26.9. The zero-order chi connectivity index (χ0) is 26.5. The molecule has 1 aliphatic carbocycles. The molecule has 1 heterocycles. The highest BCUT2D eigenvalue weighted by atomic mass is 32.2. The molecule has 1 aromatic heterocycles. The quantitative estimate of drug-likeness (QED) is 0.373. The summed E-state index contributed by atoms with van der Waals surface area (Å²) in [5.41, 5.74) is 4.47. The van der Waals surface area contributed by atoms with E-state index < -0.39 is 26.5 Å². The van der Waals surface area contributed by atoms with Crippen molar-refractivity contribution in [3.63, 3.8) is 0 Å². The van der Waals surface area contributed by atoms with Crippen LogP contribution in [0.15, 0.2) is 77.7 Å². The van der Waals surface area contributed by atoms with Crippen LogP contribution in [0.25, 0.3) is 22.0 Å². The van der Waals surface area contributed by atoms with Crippen LogP contribution in [0.1, 0.15) is 48.8 Å². The number of benzene rings is 3. The summed E-state index contributed by atoms with van der Waals surface area (Å²) in [6, 6.07) is 21.8. The molecule has 0 saturated carbocycles. The van der Waals surface area contributed by atoms with Gasteiger partial charge in [-0.05, 0) is 69.4 Å². The fourth-order valence-electron chi connectivity index (χ4n) is 5.17. The largest absolute Gasteiger partial charge is 0.481 e. The standard InChI is InChI=1S/C30H29NO5S/c1-30(2,3)37(35,36)22-12-7-11-20(17-22)28(32)31-26-16-15-21(29(33)34)18-25(26)24-14-8-13-23(27(24)31)19-9-5-4-6-10-19/h4-14,17,21H,15-16,18H2,1-3H3,(H,33,34). The van der Waals surface area contributed by atoms with Gasteiger partial charge >= 0.3 is 5.97 Å². The fourth-order valence-corrected chi connectivity index (χ4v) is 6.41. The number of hydrogen-bond donors (Lipinski definition) is 1. The third-order valence-electron chi connectivity index (χ3n) is 7.22. The van der Waals surface area contributed by atoms with Crippen LogP contribution in [0.5, 0.6) is 0 Å². The van der Waals surface area contributed by atoms with Gasteiger partial charge in [0.2, 0.25) is 0 Å². The Hall–Kier alpha value is -3.71. The Bertz CT molecular complexity index is 1640. The summed E-state index contributed by atoms with van der Waals surface area (Å²) in [6.07, 6.45) is 1.23. The van der Waals surface area contributed by atoms with Crippen LogP contribution in [0.3, 0.4) is 0 Å². The molecular weight excluding hydrogens is 486 g/mol. The smallest absolute Gasteiger partial charge is 0.306 e. The highest BCUT2D eigenvalue weighted by Crippen LogP contribution is 2.39. The van der Waals surface area contributed by atoms with Gasteiger partial charge in [0.05, 0.1) is 21.1 Å². The van der Waals surface area contributed by atoms with E-state index in [2.05, 4.69) is 0 Å². The number of carboxylic acid groups (broad SMARTS) is 1. The molecule has 0 radical (unpaired) electrons. The maximum atomic E-state index is 14.2. The Morgan fingerprint density at radius 2 is 1.65 bits per heavy atom. The number of carboxylic acids is 1. The first-order valence-electron chi connectivity index (χ1n) is 12.3. The van der Waals surface area contributed by atoms with Crippen LogP contribution >= 0.6 is 0 Å². The molecular formula is C30H29NO5S. The second-order valence-corrected chi connectivity index (χ2v) is 13.3. The number of para-hydroxylation sites is 1. The lowest BCUT2D eigenvalue weighted by atomic mass is 9.86. The molecule has 0 spiro atoms. The molecule has 7 heteroatoms. The predicted octanol–water partition coefficient (Wildman–Crippen LogP) is 5.76. The minimum atomic E-state index is -3.66. The number of aliphatic carboxylic acids is 1. The normalized spacial score (nSPS) is 15.9. The van der Waals surface area contributed by atoms with Crippen molar-refractivity contribution < 1.29 is 23.1 Å². The number of aromatic nitrogens is 1. The van der Waals surface area contributed by atoms with Gasteiger partial charge in [-0.25, -0.2) is 8.42 Å². The third kappa shape index (κ3) is 4.17. The predicted molar refractivity (Wildman–Crippen MR) is 144 cm³/mol. The molecule has 3 aromatic carbocycles. The summed E-state index contributed by atoms with van der Waals surface area (Å²) in [6.45, 7) is 4.91. The van der Waals surface area contributed by atoms with Crippen LogP contribution < -0.4 is 0 Å². The van der Waals surface area contributed by atoms with Crippen LogP contribution in [-0.4, -0.2) is 34.7 Å². The zero-order valence-electron chi connectivity index (χ0n) is 21.1. The molecule has 190 valence electrons. The van der Waals surface area contributed by atoms with Gasteiger partial charge in [-0.2, -0.15) is 0 Å². The molecule has 1 unspecified atom stereocenters. The molecule has 0 fully saturated rings. The molecule has 0 saturated heterocycles. The summed E-state index contributed by atoms with van der Waals surface area (Å²) in [4.78, 5) is 26.1. The third-order valence-corrected chi connectivity index (χ3v) is 9.70. The van der Waals surface area contributed by atoms with Gasteiger partial charge in [0.1, 0.15) is 0 Å². The number of sulfone groups is 1. The van der Waals surface area contributed by atoms with Gasteiger partial charge in [-0.15, -0.1) is 0 Å². The highest BCUT2D eigenvalue weighted by molar-refractivity contribution is 7.92. The lowest BCUT2D eigenvalue weighted by Gasteiger charge is -2.21. The molecule has 4 aromatic rings. The lowest BCUT2D eigenvalue weighted by Crippen LogP contribution is -2.28. The minimum Gasteiger partial charge on any atom is -0.481 e. The molecule has 0 aliphatic heterocycles. The average molecular weight is 516 g/mol. The topological polar surface area (TPSA) is 93.4 Å². The second kappa shape index (κ2) is 8.99. The Morgan fingerprint density at radius 1 is 0.946 bits per heavy atom. The Kier molecular flexibility index (Phi) is 6.07. The van der Waals surface area contributed by atoms with Crippen molar-refractivity contribution in [2.75, 3.05) is 0 Å². The molecule has 6 nitrogen and oxygen atoms in total. The molecule has 0 bridgehead atoms.